The van der Waals surface area contributed by atoms with Crippen LogP contribution in [-0.2, 0) is 13.6 Å². The van der Waals surface area contributed by atoms with Gasteiger partial charge in [-0.15, -0.1) is 24.0 Å². The number of nitrogens with one attached hydrogen (secondary N) is 2. The van der Waals surface area contributed by atoms with Gasteiger partial charge in [0.1, 0.15) is 11.6 Å². The molecule has 0 saturated heterocycles. The Morgan fingerprint density at radius 3 is 2.29 bits per heavy atom. The number of benzene rings is 1. The highest BCUT2D eigenvalue weighted by molar-refractivity contribution is 14.0. The first-order valence-corrected chi connectivity index (χ1v) is 8.80. The van der Waals surface area contributed by atoms with Crippen LogP contribution >= 0.6 is 24.0 Å². The molecule has 2 rings (SSSR count). The van der Waals surface area contributed by atoms with Gasteiger partial charge in [0.25, 0.3) is 0 Å². The zero-order valence-corrected chi connectivity index (χ0v) is 19.5. The summed E-state index contributed by atoms with van der Waals surface area (Å²) in [5, 5.41) is 10.8. The Bertz CT molecular complexity index is 799. The fourth-order valence-corrected chi connectivity index (χ4v) is 3.03. The van der Waals surface area contributed by atoms with Crippen LogP contribution < -0.4 is 10.6 Å². The van der Waals surface area contributed by atoms with Crippen LogP contribution in [0.3, 0.4) is 0 Å². The number of aliphatic imine (C=N–C) groups is 1. The lowest BCUT2D eigenvalue weighted by molar-refractivity contribution is 0.282. The smallest absolute Gasteiger partial charge is 0.191 e. The molecule has 1 aromatic carbocycles. The number of guanidine groups is 1. The van der Waals surface area contributed by atoms with Gasteiger partial charge in [-0.3, -0.25) is 9.67 Å². The second kappa shape index (κ2) is 10.7. The number of aryl methyl sites for hydroxylation is 2. The third-order valence-electron chi connectivity index (χ3n) is 4.73. The maximum Gasteiger partial charge on any atom is 0.191 e. The van der Waals surface area contributed by atoms with E-state index in [2.05, 4.69) is 20.7 Å². The number of hydrogen-bond acceptors (Lipinski definition) is 3. The number of likely N-dealkylation sites (N-methyl/N-ethyl adjacent to an activating group) is 1. The maximum absolute atomic E-state index is 14.2. The van der Waals surface area contributed by atoms with Gasteiger partial charge in [0.15, 0.2) is 5.96 Å². The molecule has 6 nitrogen and oxygen atoms in total. The summed E-state index contributed by atoms with van der Waals surface area (Å²) < 4.78 is 30.2. The van der Waals surface area contributed by atoms with Gasteiger partial charge < -0.3 is 15.5 Å². The van der Waals surface area contributed by atoms with E-state index in [0.29, 0.717) is 19.0 Å². The summed E-state index contributed by atoms with van der Waals surface area (Å²) in [6.07, 6.45) is 0. The summed E-state index contributed by atoms with van der Waals surface area (Å²) in [6, 6.07) is 3.44. The third kappa shape index (κ3) is 5.63. The Morgan fingerprint density at radius 2 is 1.82 bits per heavy atom. The zero-order chi connectivity index (χ0) is 20.1. The lowest BCUT2D eigenvalue weighted by Crippen LogP contribution is -2.42. The van der Waals surface area contributed by atoms with Gasteiger partial charge in [0.05, 0.1) is 11.7 Å². The largest absolute Gasteiger partial charge is 0.354 e. The Kier molecular flexibility index (Phi) is 9.28. The maximum atomic E-state index is 14.2. The SMILES string of the molecule is CN=C(NCc1c(C)nn(C)c1C)NCC(c1c(F)cccc1F)N(C)C.I. The molecular formula is C19H29F2IN6. The molecule has 0 aliphatic carbocycles. The molecule has 1 heterocycles. The third-order valence-corrected chi connectivity index (χ3v) is 4.73. The molecule has 0 bridgehead atoms. The van der Waals surface area contributed by atoms with Crippen molar-refractivity contribution in [3.63, 3.8) is 0 Å². The second-order valence-corrected chi connectivity index (χ2v) is 6.69. The van der Waals surface area contributed by atoms with Crippen molar-refractivity contribution >= 4 is 29.9 Å². The van der Waals surface area contributed by atoms with Crippen LogP contribution in [0.1, 0.15) is 28.6 Å². The van der Waals surface area contributed by atoms with E-state index in [-0.39, 0.29) is 29.5 Å². The van der Waals surface area contributed by atoms with Crippen LogP contribution in [0.15, 0.2) is 23.2 Å². The van der Waals surface area contributed by atoms with Gasteiger partial charge >= 0.3 is 0 Å². The van der Waals surface area contributed by atoms with Crippen LogP contribution in [-0.4, -0.2) is 48.3 Å². The first-order valence-electron chi connectivity index (χ1n) is 8.80. The fourth-order valence-electron chi connectivity index (χ4n) is 3.03. The summed E-state index contributed by atoms with van der Waals surface area (Å²) in [7, 11) is 7.14. The zero-order valence-electron chi connectivity index (χ0n) is 17.2. The summed E-state index contributed by atoms with van der Waals surface area (Å²) in [5.41, 5.74) is 3.18. The Morgan fingerprint density at radius 1 is 1.21 bits per heavy atom. The first-order chi connectivity index (χ1) is 12.8. The van der Waals surface area contributed by atoms with Crippen molar-refractivity contribution in [3.8, 4) is 0 Å². The average molecular weight is 506 g/mol. The molecule has 0 aliphatic heterocycles. The molecule has 1 atom stereocenters. The predicted molar refractivity (Wildman–Crippen MR) is 119 cm³/mol. The molecule has 28 heavy (non-hydrogen) atoms. The number of nitrogens with zero attached hydrogens (tertiary/aromatic N) is 4. The summed E-state index contributed by atoms with van der Waals surface area (Å²) in [5.74, 6) is -0.554. The van der Waals surface area contributed by atoms with Crippen molar-refractivity contribution in [1.29, 1.82) is 0 Å². The van der Waals surface area contributed by atoms with Gasteiger partial charge in [-0.25, -0.2) is 8.78 Å². The summed E-state index contributed by atoms with van der Waals surface area (Å²) >= 11 is 0. The topological polar surface area (TPSA) is 57.5 Å². The van der Waals surface area contributed by atoms with E-state index in [1.807, 2.05) is 25.6 Å². The first kappa shape index (κ1) is 24.3. The average Bonchev–Trinajstić information content (AvgIpc) is 2.85. The highest BCUT2D eigenvalue weighted by Gasteiger charge is 2.22. The van der Waals surface area contributed by atoms with Gasteiger partial charge in [0, 0.05) is 44.0 Å². The summed E-state index contributed by atoms with van der Waals surface area (Å²) in [6.45, 7) is 4.83. The van der Waals surface area contributed by atoms with E-state index < -0.39 is 17.7 Å². The molecule has 2 N–H and O–H groups in total. The van der Waals surface area contributed by atoms with Gasteiger partial charge in [0.2, 0.25) is 0 Å². The van der Waals surface area contributed by atoms with Crippen molar-refractivity contribution < 1.29 is 8.78 Å². The fraction of sp³-hybridized carbons (Fsp3) is 0.474. The molecule has 156 valence electrons. The van der Waals surface area contributed by atoms with E-state index >= 15 is 0 Å². The molecule has 0 radical (unpaired) electrons. The van der Waals surface area contributed by atoms with Gasteiger partial charge in [-0.05, 0) is 40.1 Å². The highest BCUT2D eigenvalue weighted by atomic mass is 127. The van der Waals surface area contributed by atoms with Crippen molar-refractivity contribution in [2.45, 2.75) is 26.4 Å². The minimum Gasteiger partial charge on any atom is -0.354 e. The van der Waals surface area contributed by atoms with Crippen LogP contribution in [0.4, 0.5) is 8.78 Å². The van der Waals surface area contributed by atoms with Crippen LogP contribution in [0.2, 0.25) is 0 Å². The van der Waals surface area contributed by atoms with E-state index in [0.717, 1.165) is 17.0 Å². The number of halogens is 3. The number of hydrogen-bond donors (Lipinski definition) is 2. The molecule has 0 saturated carbocycles. The van der Waals surface area contributed by atoms with Crippen molar-refractivity contribution in [3.05, 3.63) is 52.3 Å². The standard InChI is InChI=1S/C19H28F2N6.HI/c1-12-14(13(2)27(6)25-12)10-23-19(22-3)24-11-17(26(4)5)18-15(20)8-7-9-16(18)21;/h7-9,17H,10-11H2,1-6H3,(H2,22,23,24);1H. The van der Waals surface area contributed by atoms with Crippen molar-refractivity contribution in [1.82, 2.24) is 25.3 Å². The summed E-state index contributed by atoms with van der Waals surface area (Å²) in [4.78, 5) is 5.98. The van der Waals surface area contributed by atoms with Crippen LogP contribution in [0, 0.1) is 25.5 Å². The number of aromatic nitrogens is 2. The molecule has 1 unspecified atom stereocenters. The van der Waals surface area contributed by atoms with Crippen molar-refractivity contribution in [2.24, 2.45) is 12.0 Å². The predicted octanol–water partition coefficient (Wildman–Crippen LogP) is 2.90. The van der Waals surface area contributed by atoms with Gasteiger partial charge in [-0.2, -0.15) is 5.10 Å². The molecule has 9 heteroatoms. The van der Waals surface area contributed by atoms with E-state index in [4.69, 9.17) is 0 Å². The van der Waals surface area contributed by atoms with E-state index in [1.54, 1.807) is 26.0 Å². The molecule has 0 amide bonds. The Hall–Kier alpha value is -1.75. The Balaban J connectivity index is 0.00000392. The minimum absolute atomic E-state index is 0. The highest BCUT2D eigenvalue weighted by Crippen LogP contribution is 2.23. The lowest BCUT2D eigenvalue weighted by atomic mass is 10.0. The molecule has 2 aromatic rings. The molecule has 1 aromatic heterocycles. The molecule has 0 aliphatic rings. The molecule has 0 fully saturated rings. The van der Waals surface area contributed by atoms with E-state index in [9.17, 15) is 8.78 Å². The number of rotatable bonds is 6. The van der Waals surface area contributed by atoms with Gasteiger partial charge in [-0.1, -0.05) is 6.07 Å². The quantitative estimate of drug-likeness (QED) is 0.360. The minimum atomic E-state index is -0.556. The lowest BCUT2D eigenvalue weighted by Gasteiger charge is -2.26. The monoisotopic (exact) mass is 506 g/mol. The van der Waals surface area contributed by atoms with Crippen molar-refractivity contribution in [2.75, 3.05) is 27.7 Å². The Labute approximate surface area is 182 Å². The van der Waals surface area contributed by atoms with Crippen LogP contribution in [0.25, 0.3) is 0 Å². The second-order valence-electron chi connectivity index (χ2n) is 6.69. The normalized spacial score (nSPS) is 12.7. The molecular weight excluding hydrogens is 477 g/mol. The van der Waals surface area contributed by atoms with Crippen LogP contribution in [0.5, 0.6) is 0 Å². The van der Waals surface area contributed by atoms with E-state index in [1.165, 1.54) is 18.2 Å². The molecule has 0 spiro atoms.